The molecule has 3 aromatic carbocycles. The van der Waals surface area contributed by atoms with E-state index in [1.165, 1.54) is 28.7 Å². The number of halogens is 2. The molecule has 1 aliphatic heterocycles. The highest BCUT2D eigenvalue weighted by Crippen LogP contribution is 2.40. The van der Waals surface area contributed by atoms with Gasteiger partial charge in [-0.3, -0.25) is 9.69 Å². The largest absolute Gasteiger partial charge is 0.324 e. The molecule has 1 aliphatic carbocycles. The van der Waals surface area contributed by atoms with Crippen LogP contribution in [0.1, 0.15) is 55.2 Å². The van der Waals surface area contributed by atoms with Crippen molar-refractivity contribution in [1.29, 1.82) is 5.26 Å². The molecule has 7 nitrogen and oxygen atoms in total. The first-order valence-corrected chi connectivity index (χ1v) is 14.3. The molecular formula is C32H33ClFN5O2. The lowest BCUT2D eigenvalue weighted by Crippen LogP contribution is -2.48. The number of urea groups is 1. The minimum Gasteiger partial charge on any atom is -0.322 e. The molecule has 3 aromatic rings. The maximum atomic E-state index is 15.1. The van der Waals surface area contributed by atoms with Crippen molar-refractivity contribution < 1.29 is 14.0 Å². The SMILES string of the molecule is CN(C(=O)N1CCCC1C(=O)Nc1cc(C(N)(CCC2CC2)c2cccc(C#N)c2)ccc1F)c1ccc(Cl)cc1. The van der Waals surface area contributed by atoms with Crippen LogP contribution in [0.5, 0.6) is 0 Å². The van der Waals surface area contributed by atoms with Gasteiger partial charge in [-0.15, -0.1) is 0 Å². The standard InChI is InChI=1S/C32H33ClFN5O2/c1-38(26-12-10-25(33)11-13-26)31(41)39-17-3-6-29(39)30(40)37-28-19-24(9-14-27(28)34)32(36,16-15-21-7-8-21)23-5-2-4-22(18-23)20-35/h2,4-5,9-14,18-19,21,29H,3,6-8,15-17,36H2,1H3,(H,37,40). The first-order chi connectivity index (χ1) is 19.7. The van der Waals surface area contributed by atoms with E-state index in [2.05, 4.69) is 11.4 Å². The van der Waals surface area contributed by atoms with Crippen LogP contribution in [0.3, 0.4) is 0 Å². The summed E-state index contributed by atoms with van der Waals surface area (Å²) >= 11 is 5.98. The number of hydrogen-bond acceptors (Lipinski definition) is 4. The van der Waals surface area contributed by atoms with Crippen LogP contribution in [0.4, 0.5) is 20.6 Å². The molecule has 1 saturated carbocycles. The Morgan fingerprint density at radius 1 is 1.12 bits per heavy atom. The average molecular weight is 574 g/mol. The van der Waals surface area contributed by atoms with E-state index in [4.69, 9.17) is 17.3 Å². The van der Waals surface area contributed by atoms with Gasteiger partial charge in [0.15, 0.2) is 0 Å². The van der Waals surface area contributed by atoms with Gasteiger partial charge in [0.25, 0.3) is 0 Å². The molecule has 0 aromatic heterocycles. The van der Waals surface area contributed by atoms with Crippen molar-refractivity contribution in [3.05, 3.63) is 94.3 Å². The lowest BCUT2D eigenvalue weighted by Gasteiger charge is -2.32. The van der Waals surface area contributed by atoms with E-state index in [9.17, 15) is 14.9 Å². The van der Waals surface area contributed by atoms with E-state index in [0.717, 1.165) is 12.0 Å². The summed E-state index contributed by atoms with van der Waals surface area (Å²) in [5, 5.41) is 12.8. The Kier molecular flexibility index (Phi) is 8.30. The molecule has 9 heteroatoms. The molecule has 3 amide bonds. The number of amides is 3. The highest BCUT2D eigenvalue weighted by molar-refractivity contribution is 6.30. The molecule has 0 spiro atoms. The first-order valence-electron chi connectivity index (χ1n) is 13.9. The van der Waals surface area contributed by atoms with Crippen LogP contribution >= 0.6 is 11.6 Å². The predicted octanol–water partition coefficient (Wildman–Crippen LogP) is 6.40. The summed E-state index contributed by atoms with van der Waals surface area (Å²) in [6.45, 7) is 0.416. The maximum absolute atomic E-state index is 15.1. The van der Waals surface area contributed by atoms with Crippen molar-refractivity contribution in [3.8, 4) is 6.07 Å². The number of carbonyl (C=O) groups excluding carboxylic acids is 2. The van der Waals surface area contributed by atoms with Gasteiger partial charge in [-0.25, -0.2) is 9.18 Å². The molecule has 0 bridgehead atoms. The Morgan fingerprint density at radius 3 is 2.56 bits per heavy atom. The molecule has 2 fully saturated rings. The van der Waals surface area contributed by atoms with Crippen LogP contribution in [0.2, 0.25) is 5.02 Å². The predicted molar refractivity (Wildman–Crippen MR) is 158 cm³/mol. The van der Waals surface area contributed by atoms with Gasteiger partial charge >= 0.3 is 6.03 Å². The Balaban J connectivity index is 1.38. The zero-order valence-corrected chi connectivity index (χ0v) is 23.7. The number of nitrogens with zero attached hydrogens (tertiary/aromatic N) is 3. The van der Waals surface area contributed by atoms with Crippen molar-refractivity contribution in [2.45, 2.75) is 50.1 Å². The third-order valence-electron chi connectivity index (χ3n) is 8.19. The number of nitrogens with one attached hydrogen (secondary N) is 1. The number of nitrogens with two attached hydrogens (primary N) is 1. The van der Waals surface area contributed by atoms with E-state index in [1.54, 1.807) is 61.6 Å². The average Bonchev–Trinajstić information content (AvgIpc) is 3.69. The fraction of sp³-hybridized carbons (Fsp3) is 0.344. The Morgan fingerprint density at radius 2 is 1.85 bits per heavy atom. The fourth-order valence-corrected chi connectivity index (χ4v) is 5.64. The second kappa shape index (κ2) is 11.9. The fourth-order valence-electron chi connectivity index (χ4n) is 5.51. The number of benzene rings is 3. The summed E-state index contributed by atoms with van der Waals surface area (Å²) in [7, 11) is 1.64. The molecule has 3 N–H and O–H groups in total. The molecule has 0 radical (unpaired) electrons. The van der Waals surface area contributed by atoms with Gasteiger partial charge in [0.1, 0.15) is 11.9 Å². The lowest BCUT2D eigenvalue weighted by atomic mass is 9.79. The number of likely N-dealkylation sites (tertiary alicyclic amines) is 1. The van der Waals surface area contributed by atoms with E-state index in [0.29, 0.717) is 53.6 Å². The summed E-state index contributed by atoms with van der Waals surface area (Å²) in [5.74, 6) is -0.427. The minimum atomic E-state index is -0.973. The third kappa shape index (κ3) is 6.22. The molecule has 2 aliphatic rings. The topological polar surface area (TPSA) is 102 Å². The molecule has 41 heavy (non-hydrogen) atoms. The zero-order chi connectivity index (χ0) is 29.1. The van der Waals surface area contributed by atoms with Gasteiger partial charge in [-0.05, 0) is 91.3 Å². The summed E-state index contributed by atoms with van der Waals surface area (Å²) in [6, 6.07) is 19.7. The van der Waals surface area contributed by atoms with Crippen molar-refractivity contribution in [2.75, 3.05) is 23.8 Å². The Labute approximate surface area is 244 Å². The van der Waals surface area contributed by atoms with Gasteiger partial charge in [-0.2, -0.15) is 5.26 Å². The molecule has 212 valence electrons. The smallest absolute Gasteiger partial charge is 0.322 e. The van der Waals surface area contributed by atoms with Crippen LogP contribution in [0.15, 0.2) is 66.7 Å². The van der Waals surface area contributed by atoms with Gasteiger partial charge < -0.3 is 16.0 Å². The summed E-state index contributed by atoms with van der Waals surface area (Å²) in [4.78, 5) is 29.8. The van der Waals surface area contributed by atoms with Crippen molar-refractivity contribution in [1.82, 2.24) is 4.90 Å². The number of anilines is 2. The van der Waals surface area contributed by atoms with Gasteiger partial charge in [-0.1, -0.05) is 42.6 Å². The number of rotatable bonds is 8. The molecule has 2 atom stereocenters. The zero-order valence-electron chi connectivity index (χ0n) is 22.9. The maximum Gasteiger partial charge on any atom is 0.324 e. The highest BCUT2D eigenvalue weighted by Gasteiger charge is 2.37. The van der Waals surface area contributed by atoms with Crippen LogP contribution in [0, 0.1) is 23.1 Å². The third-order valence-corrected chi connectivity index (χ3v) is 8.44. The van der Waals surface area contributed by atoms with Crippen LogP contribution in [-0.2, 0) is 10.3 Å². The van der Waals surface area contributed by atoms with Crippen LogP contribution in [0.25, 0.3) is 0 Å². The number of hydrogen-bond donors (Lipinski definition) is 2. The van der Waals surface area contributed by atoms with E-state index >= 15 is 4.39 Å². The number of nitriles is 1. The van der Waals surface area contributed by atoms with E-state index in [1.807, 2.05) is 6.07 Å². The molecule has 2 unspecified atom stereocenters. The monoisotopic (exact) mass is 573 g/mol. The van der Waals surface area contributed by atoms with Crippen molar-refractivity contribution in [3.63, 3.8) is 0 Å². The Hall–Kier alpha value is -3.93. The van der Waals surface area contributed by atoms with E-state index in [-0.39, 0.29) is 11.7 Å². The van der Waals surface area contributed by atoms with Crippen LogP contribution < -0.4 is 16.0 Å². The lowest BCUT2D eigenvalue weighted by molar-refractivity contribution is -0.119. The summed E-state index contributed by atoms with van der Waals surface area (Å²) in [5.41, 5.74) is 8.65. The van der Waals surface area contributed by atoms with Gasteiger partial charge in [0.2, 0.25) is 5.91 Å². The van der Waals surface area contributed by atoms with Gasteiger partial charge in [0, 0.05) is 24.3 Å². The summed E-state index contributed by atoms with van der Waals surface area (Å²) in [6.07, 6.45) is 4.99. The minimum absolute atomic E-state index is 0.00976. The summed E-state index contributed by atoms with van der Waals surface area (Å²) < 4.78 is 15.1. The molecule has 5 rings (SSSR count). The van der Waals surface area contributed by atoms with Crippen molar-refractivity contribution >= 4 is 34.9 Å². The number of carbonyl (C=O) groups is 2. The second-order valence-electron chi connectivity index (χ2n) is 11.0. The van der Waals surface area contributed by atoms with Crippen LogP contribution in [-0.4, -0.2) is 36.5 Å². The molecule has 1 saturated heterocycles. The van der Waals surface area contributed by atoms with E-state index < -0.39 is 23.3 Å². The van der Waals surface area contributed by atoms with Gasteiger partial charge in [0.05, 0.1) is 22.9 Å². The normalized spacial score (nSPS) is 17.9. The quantitative estimate of drug-likeness (QED) is 0.325. The first kappa shape index (κ1) is 28.6. The highest BCUT2D eigenvalue weighted by atomic mass is 35.5. The molecular weight excluding hydrogens is 541 g/mol. The Bertz CT molecular complexity index is 1490. The second-order valence-corrected chi connectivity index (χ2v) is 11.4. The molecule has 1 heterocycles. The van der Waals surface area contributed by atoms with Crippen molar-refractivity contribution in [2.24, 2.45) is 11.7 Å².